The van der Waals surface area contributed by atoms with Crippen LogP contribution in [0.2, 0.25) is 15.1 Å². The Morgan fingerprint density at radius 2 is 1.41 bits per heavy atom. The van der Waals surface area contributed by atoms with Gasteiger partial charge >= 0.3 is 0 Å². The van der Waals surface area contributed by atoms with Crippen molar-refractivity contribution in [3.63, 3.8) is 0 Å². The van der Waals surface area contributed by atoms with E-state index in [1.807, 2.05) is 20.8 Å². The van der Waals surface area contributed by atoms with Crippen molar-refractivity contribution in [2.75, 3.05) is 10.8 Å². The van der Waals surface area contributed by atoms with Crippen LogP contribution >= 0.6 is 34.8 Å². The van der Waals surface area contributed by atoms with E-state index in [0.717, 1.165) is 15.4 Å². The van der Waals surface area contributed by atoms with E-state index in [1.54, 1.807) is 43.3 Å². The summed E-state index contributed by atoms with van der Waals surface area (Å²) in [7, 11) is -4.23. The van der Waals surface area contributed by atoms with Crippen molar-refractivity contribution in [3.8, 4) is 0 Å². The van der Waals surface area contributed by atoms with E-state index in [4.69, 9.17) is 34.8 Å². The Balaban J connectivity index is 2.06. The van der Waals surface area contributed by atoms with Crippen molar-refractivity contribution >= 4 is 62.3 Å². The number of hydrogen-bond acceptors (Lipinski definition) is 4. The molecule has 39 heavy (non-hydrogen) atoms. The molecule has 0 saturated carbocycles. The van der Waals surface area contributed by atoms with Gasteiger partial charge in [-0.1, -0.05) is 64.6 Å². The Morgan fingerprint density at radius 1 is 0.846 bits per heavy atom. The zero-order chi connectivity index (χ0) is 28.9. The number of anilines is 1. The molecule has 0 aromatic heterocycles. The lowest BCUT2D eigenvalue weighted by atomic mass is 10.1. The summed E-state index contributed by atoms with van der Waals surface area (Å²) in [4.78, 5) is 28.2. The van der Waals surface area contributed by atoms with Crippen molar-refractivity contribution in [1.29, 1.82) is 0 Å². The first-order valence-corrected chi connectivity index (χ1v) is 14.7. The number of sulfonamides is 1. The molecule has 0 heterocycles. The normalized spacial score (nSPS) is 12.2. The minimum absolute atomic E-state index is 0.00755. The standard InChI is InChI=1S/C28H30Cl3N3O4S/c1-18(2)32-28(36)20(4)33(16-21-7-9-22(29)10-8-21)27(35)17-34(25-14-23(30)13-24(31)15-25)39(37,38)26-11-5-19(3)6-12-26/h5-15,18,20H,16-17H2,1-4H3,(H,32,36). The molecule has 0 radical (unpaired) electrons. The van der Waals surface area contributed by atoms with Crippen LogP contribution < -0.4 is 9.62 Å². The fourth-order valence-electron chi connectivity index (χ4n) is 3.82. The van der Waals surface area contributed by atoms with Gasteiger partial charge in [0.1, 0.15) is 12.6 Å². The summed E-state index contributed by atoms with van der Waals surface area (Å²) >= 11 is 18.4. The number of benzene rings is 3. The Labute approximate surface area is 244 Å². The fraction of sp³-hybridized carbons (Fsp3) is 0.286. The predicted octanol–water partition coefficient (Wildman–Crippen LogP) is 6.09. The van der Waals surface area contributed by atoms with Gasteiger partial charge in [0.2, 0.25) is 11.8 Å². The average molecular weight is 611 g/mol. The number of aryl methyl sites for hydroxylation is 1. The number of halogens is 3. The summed E-state index contributed by atoms with van der Waals surface area (Å²) in [5.74, 6) is -0.964. The summed E-state index contributed by atoms with van der Waals surface area (Å²) in [5.41, 5.74) is 1.71. The van der Waals surface area contributed by atoms with E-state index in [2.05, 4.69) is 5.32 Å². The van der Waals surface area contributed by atoms with Gasteiger partial charge in [0, 0.05) is 27.7 Å². The highest BCUT2D eigenvalue weighted by molar-refractivity contribution is 7.92. The van der Waals surface area contributed by atoms with Crippen LogP contribution in [0.4, 0.5) is 5.69 Å². The van der Waals surface area contributed by atoms with E-state index in [-0.39, 0.29) is 39.1 Å². The molecule has 0 aliphatic carbocycles. The highest BCUT2D eigenvalue weighted by Gasteiger charge is 2.33. The third-order valence-electron chi connectivity index (χ3n) is 5.89. The zero-order valence-corrected chi connectivity index (χ0v) is 25.1. The van der Waals surface area contributed by atoms with Crippen molar-refractivity contribution < 1.29 is 18.0 Å². The monoisotopic (exact) mass is 609 g/mol. The second-order valence-electron chi connectivity index (χ2n) is 9.44. The molecule has 0 saturated heterocycles. The first-order valence-electron chi connectivity index (χ1n) is 12.2. The summed E-state index contributed by atoms with van der Waals surface area (Å²) in [5, 5.41) is 3.75. The molecule has 3 aromatic carbocycles. The highest BCUT2D eigenvalue weighted by atomic mass is 35.5. The smallest absolute Gasteiger partial charge is 0.264 e. The molecule has 1 N–H and O–H groups in total. The molecule has 7 nitrogen and oxygen atoms in total. The molecule has 208 valence electrons. The fourth-order valence-corrected chi connectivity index (χ4v) is 5.86. The van der Waals surface area contributed by atoms with Gasteiger partial charge in [-0.05, 0) is 75.7 Å². The molecule has 2 amide bonds. The van der Waals surface area contributed by atoms with E-state index >= 15 is 0 Å². The maximum Gasteiger partial charge on any atom is 0.264 e. The molecule has 11 heteroatoms. The van der Waals surface area contributed by atoms with E-state index in [9.17, 15) is 18.0 Å². The number of carbonyl (C=O) groups excluding carboxylic acids is 2. The lowest BCUT2D eigenvalue weighted by molar-refractivity contribution is -0.139. The number of carbonyl (C=O) groups is 2. The number of hydrogen-bond donors (Lipinski definition) is 1. The highest BCUT2D eigenvalue weighted by Crippen LogP contribution is 2.30. The summed E-state index contributed by atoms with van der Waals surface area (Å²) in [6.45, 7) is 6.52. The second-order valence-corrected chi connectivity index (χ2v) is 12.6. The number of amides is 2. The molecule has 0 fully saturated rings. The van der Waals surface area contributed by atoms with Gasteiger partial charge in [-0.2, -0.15) is 0 Å². The van der Waals surface area contributed by atoms with Gasteiger partial charge in [-0.3, -0.25) is 13.9 Å². The van der Waals surface area contributed by atoms with Crippen LogP contribution in [-0.4, -0.2) is 43.8 Å². The first kappa shape index (κ1) is 30.8. The van der Waals surface area contributed by atoms with Crippen LogP contribution in [0.5, 0.6) is 0 Å². The van der Waals surface area contributed by atoms with Gasteiger partial charge in [0.15, 0.2) is 0 Å². The Kier molecular flexibility index (Phi) is 10.3. The van der Waals surface area contributed by atoms with E-state index in [1.165, 1.54) is 35.2 Å². The minimum atomic E-state index is -4.23. The number of nitrogens with zero attached hydrogens (tertiary/aromatic N) is 2. The van der Waals surface area contributed by atoms with Gasteiger partial charge in [-0.25, -0.2) is 8.42 Å². The third kappa shape index (κ3) is 8.11. The molecule has 3 rings (SSSR count). The summed E-state index contributed by atoms with van der Waals surface area (Å²) in [6.07, 6.45) is 0. The SMILES string of the molecule is Cc1ccc(S(=O)(=O)N(CC(=O)N(Cc2ccc(Cl)cc2)C(C)C(=O)NC(C)C)c2cc(Cl)cc(Cl)c2)cc1. The maximum atomic E-state index is 13.9. The van der Waals surface area contributed by atoms with Gasteiger partial charge in [-0.15, -0.1) is 0 Å². The summed E-state index contributed by atoms with van der Waals surface area (Å²) in [6, 6.07) is 16.4. The van der Waals surface area contributed by atoms with Crippen LogP contribution in [0, 0.1) is 6.92 Å². The van der Waals surface area contributed by atoms with Gasteiger partial charge < -0.3 is 10.2 Å². The third-order valence-corrected chi connectivity index (χ3v) is 8.36. The van der Waals surface area contributed by atoms with Gasteiger partial charge in [0.05, 0.1) is 10.6 Å². The molecular formula is C28H30Cl3N3O4S. The van der Waals surface area contributed by atoms with Crippen molar-refractivity contribution in [2.45, 2.75) is 51.2 Å². The van der Waals surface area contributed by atoms with E-state index < -0.39 is 28.5 Å². The average Bonchev–Trinajstić information content (AvgIpc) is 2.85. The van der Waals surface area contributed by atoms with Crippen LogP contribution in [0.1, 0.15) is 31.9 Å². The maximum absolute atomic E-state index is 13.9. The largest absolute Gasteiger partial charge is 0.352 e. The van der Waals surface area contributed by atoms with Crippen LogP contribution in [0.15, 0.2) is 71.6 Å². The molecule has 0 spiro atoms. The quantitative estimate of drug-likeness (QED) is 0.301. The molecule has 0 aliphatic rings. The van der Waals surface area contributed by atoms with E-state index in [0.29, 0.717) is 5.02 Å². The van der Waals surface area contributed by atoms with Crippen LogP contribution in [-0.2, 0) is 26.2 Å². The second kappa shape index (κ2) is 13.0. The molecule has 3 aromatic rings. The molecule has 0 aliphatic heterocycles. The molecule has 1 atom stereocenters. The number of nitrogens with one attached hydrogen (secondary N) is 1. The van der Waals surface area contributed by atoms with Gasteiger partial charge in [0.25, 0.3) is 10.0 Å². The molecule has 0 bridgehead atoms. The Morgan fingerprint density at radius 3 is 1.95 bits per heavy atom. The topological polar surface area (TPSA) is 86.8 Å². The van der Waals surface area contributed by atoms with Crippen molar-refractivity contribution in [2.24, 2.45) is 0 Å². The molecule has 1 unspecified atom stereocenters. The lowest BCUT2D eigenvalue weighted by Crippen LogP contribution is -2.52. The summed E-state index contributed by atoms with van der Waals surface area (Å²) < 4.78 is 28.6. The van der Waals surface area contributed by atoms with Crippen LogP contribution in [0.25, 0.3) is 0 Å². The predicted molar refractivity (Wildman–Crippen MR) is 157 cm³/mol. The number of rotatable bonds is 10. The zero-order valence-electron chi connectivity index (χ0n) is 22.0. The first-order chi connectivity index (χ1) is 18.3. The van der Waals surface area contributed by atoms with Crippen LogP contribution in [0.3, 0.4) is 0 Å². The Hall–Kier alpha value is -2.78. The minimum Gasteiger partial charge on any atom is -0.352 e. The van der Waals surface area contributed by atoms with Crippen molar-refractivity contribution in [3.05, 3.63) is 92.9 Å². The van der Waals surface area contributed by atoms with Crippen molar-refractivity contribution in [1.82, 2.24) is 10.2 Å². The lowest BCUT2D eigenvalue weighted by Gasteiger charge is -2.32. The Bertz CT molecular complexity index is 1410. The molecular weight excluding hydrogens is 581 g/mol.